The van der Waals surface area contributed by atoms with E-state index in [2.05, 4.69) is 10.2 Å². The highest BCUT2D eigenvalue weighted by Crippen LogP contribution is 2.10. The number of hydrogen-bond donors (Lipinski definition) is 2. The Bertz CT molecular complexity index is 333. The number of carboxylic acid groups (broad SMARTS) is 1. The van der Waals surface area contributed by atoms with E-state index >= 15 is 0 Å². The summed E-state index contributed by atoms with van der Waals surface area (Å²) >= 11 is 0. The zero-order chi connectivity index (χ0) is 12.2. The van der Waals surface area contributed by atoms with Crippen molar-refractivity contribution < 1.29 is 18.3 Å². The molecule has 0 atom stereocenters. The van der Waals surface area contributed by atoms with Crippen LogP contribution in [-0.4, -0.2) is 62.2 Å². The largest absolute Gasteiger partial charge is 0.465 e. The smallest absolute Gasteiger partial charge is 0.404 e. The Kier molecular flexibility index (Phi) is 4.55. The number of nitrogens with one attached hydrogen (secondary N) is 1. The van der Waals surface area contributed by atoms with E-state index in [1.807, 2.05) is 0 Å². The fraction of sp³-hybridized carbons (Fsp3) is 0.889. The number of nitrogens with zero attached hydrogens (tertiary/aromatic N) is 1. The summed E-state index contributed by atoms with van der Waals surface area (Å²) in [6.45, 7) is 2.04. The summed E-state index contributed by atoms with van der Waals surface area (Å²) in [5.74, 6) is 0.171. The highest BCUT2D eigenvalue weighted by Gasteiger charge is 2.20. The third-order valence-corrected chi connectivity index (χ3v) is 3.62. The summed E-state index contributed by atoms with van der Waals surface area (Å²) in [7, 11) is -2.91. The molecule has 7 heteroatoms. The quantitative estimate of drug-likeness (QED) is 0.719. The maximum absolute atomic E-state index is 11.0. The first-order valence-electron chi connectivity index (χ1n) is 5.26. The number of likely N-dealkylation sites (tertiary alicyclic amines) is 1. The molecule has 0 radical (unpaired) electrons. The number of piperidine rings is 1. The van der Waals surface area contributed by atoms with E-state index < -0.39 is 15.9 Å². The van der Waals surface area contributed by atoms with Gasteiger partial charge < -0.3 is 15.3 Å². The van der Waals surface area contributed by atoms with Crippen LogP contribution in [0.3, 0.4) is 0 Å². The molecule has 0 aromatic heterocycles. The molecule has 0 bridgehead atoms. The average Bonchev–Trinajstić information content (AvgIpc) is 2.14. The predicted octanol–water partition coefficient (Wildman–Crippen LogP) is -0.237. The molecule has 0 saturated carbocycles. The number of amides is 1. The van der Waals surface area contributed by atoms with Crippen LogP contribution >= 0.6 is 0 Å². The zero-order valence-electron chi connectivity index (χ0n) is 9.35. The van der Waals surface area contributed by atoms with Crippen LogP contribution in [0.5, 0.6) is 0 Å². The first kappa shape index (κ1) is 13.2. The van der Waals surface area contributed by atoms with Crippen LogP contribution in [0.4, 0.5) is 4.79 Å². The van der Waals surface area contributed by atoms with Crippen molar-refractivity contribution in [3.63, 3.8) is 0 Å². The molecule has 0 aromatic rings. The third kappa shape index (κ3) is 5.32. The molecular formula is C9H18N2O4S. The van der Waals surface area contributed by atoms with Gasteiger partial charge in [0, 0.05) is 31.9 Å². The lowest BCUT2D eigenvalue weighted by Gasteiger charge is -2.31. The molecule has 6 nitrogen and oxygen atoms in total. The van der Waals surface area contributed by atoms with Gasteiger partial charge >= 0.3 is 6.09 Å². The van der Waals surface area contributed by atoms with Crippen molar-refractivity contribution in [2.24, 2.45) is 0 Å². The van der Waals surface area contributed by atoms with Gasteiger partial charge in [-0.3, -0.25) is 0 Å². The maximum atomic E-state index is 11.0. The van der Waals surface area contributed by atoms with Crippen LogP contribution in [-0.2, 0) is 9.84 Å². The summed E-state index contributed by atoms with van der Waals surface area (Å²) in [4.78, 5) is 12.5. The van der Waals surface area contributed by atoms with E-state index in [4.69, 9.17) is 5.11 Å². The van der Waals surface area contributed by atoms with Crippen molar-refractivity contribution >= 4 is 15.9 Å². The Hall–Kier alpha value is -0.820. The maximum Gasteiger partial charge on any atom is 0.404 e. The van der Waals surface area contributed by atoms with E-state index in [1.165, 1.54) is 6.26 Å². The van der Waals surface area contributed by atoms with Gasteiger partial charge in [-0.2, -0.15) is 0 Å². The van der Waals surface area contributed by atoms with E-state index in [9.17, 15) is 13.2 Å². The van der Waals surface area contributed by atoms with E-state index in [1.54, 1.807) is 0 Å². The number of hydrogen-bond acceptors (Lipinski definition) is 4. The lowest BCUT2D eigenvalue weighted by Crippen LogP contribution is -2.45. The predicted molar refractivity (Wildman–Crippen MR) is 60.3 cm³/mol. The molecule has 1 aliphatic rings. The van der Waals surface area contributed by atoms with Crippen LogP contribution in [0, 0.1) is 0 Å². The van der Waals surface area contributed by atoms with Gasteiger partial charge in [0.15, 0.2) is 0 Å². The van der Waals surface area contributed by atoms with Crippen molar-refractivity contribution in [2.45, 2.75) is 18.9 Å². The van der Waals surface area contributed by atoms with Gasteiger partial charge in [-0.15, -0.1) is 0 Å². The highest BCUT2D eigenvalue weighted by atomic mass is 32.2. The molecule has 1 amide bonds. The van der Waals surface area contributed by atoms with Crippen molar-refractivity contribution in [1.29, 1.82) is 0 Å². The molecule has 1 rings (SSSR count). The van der Waals surface area contributed by atoms with Crippen molar-refractivity contribution in [3.05, 3.63) is 0 Å². The molecule has 94 valence electrons. The normalized spacial score (nSPS) is 19.6. The summed E-state index contributed by atoms with van der Waals surface area (Å²) in [5.41, 5.74) is 0. The van der Waals surface area contributed by atoms with Gasteiger partial charge in [0.25, 0.3) is 0 Å². The van der Waals surface area contributed by atoms with Gasteiger partial charge in [0.1, 0.15) is 9.84 Å². The Morgan fingerprint density at radius 2 is 2.00 bits per heavy atom. The second-order valence-electron chi connectivity index (χ2n) is 4.20. The number of sulfone groups is 1. The molecule has 1 aliphatic heterocycles. The molecule has 1 heterocycles. The first-order chi connectivity index (χ1) is 7.37. The monoisotopic (exact) mass is 250 g/mol. The first-order valence-corrected chi connectivity index (χ1v) is 7.32. The van der Waals surface area contributed by atoms with E-state index in [-0.39, 0.29) is 11.8 Å². The van der Waals surface area contributed by atoms with Gasteiger partial charge in [0.2, 0.25) is 0 Å². The second-order valence-corrected chi connectivity index (χ2v) is 6.46. The molecule has 0 spiro atoms. The molecule has 0 unspecified atom stereocenters. The fourth-order valence-electron chi connectivity index (χ4n) is 1.77. The Balaban J connectivity index is 2.24. The molecule has 2 N–H and O–H groups in total. The lowest BCUT2D eigenvalue weighted by atomic mass is 10.1. The zero-order valence-corrected chi connectivity index (χ0v) is 10.2. The Morgan fingerprint density at radius 3 is 2.44 bits per heavy atom. The summed E-state index contributed by atoms with van der Waals surface area (Å²) in [5, 5.41) is 11.0. The third-order valence-electron chi connectivity index (χ3n) is 2.69. The number of rotatable bonds is 4. The molecule has 0 aromatic carbocycles. The fourth-order valence-corrected chi connectivity index (χ4v) is 2.36. The van der Waals surface area contributed by atoms with Gasteiger partial charge in [-0.1, -0.05) is 0 Å². The van der Waals surface area contributed by atoms with Crippen LogP contribution < -0.4 is 5.32 Å². The topological polar surface area (TPSA) is 86.7 Å². The minimum Gasteiger partial charge on any atom is -0.465 e. The molecular weight excluding hydrogens is 232 g/mol. The molecule has 0 aliphatic carbocycles. The van der Waals surface area contributed by atoms with Crippen LogP contribution in [0.2, 0.25) is 0 Å². The van der Waals surface area contributed by atoms with Gasteiger partial charge in [-0.05, 0) is 12.8 Å². The standard InChI is InChI=1S/C9H18N2O4S/c1-16(14,15)7-6-11-4-2-8(3-5-11)10-9(12)13/h8,10H,2-7H2,1H3,(H,12,13). The van der Waals surface area contributed by atoms with Gasteiger partial charge in [-0.25, -0.2) is 13.2 Å². The second kappa shape index (κ2) is 5.49. The minimum absolute atomic E-state index is 0.00647. The van der Waals surface area contributed by atoms with Crippen LogP contribution in [0.15, 0.2) is 0 Å². The van der Waals surface area contributed by atoms with Crippen molar-refractivity contribution in [2.75, 3.05) is 31.6 Å². The average molecular weight is 250 g/mol. The van der Waals surface area contributed by atoms with Crippen LogP contribution in [0.25, 0.3) is 0 Å². The summed E-state index contributed by atoms with van der Waals surface area (Å²) in [6.07, 6.45) is 1.73. The Labute approximate surface area is 95.5 Å². The minimum atomic E-state index is -2.91. The highest BCUT2D eigenvalue weighted by molar-refractivity contribution is 7.90. The summed E-state index contributed by atoms with van der Waals surface area (Å²) in [6, 6.07) is 0.00647. The summed E-state index contributed by atoms with van der Waals surface area (Å²) < 4.78 is 21.9. The number of carbonyl (C=O) groups is 1. The molecule has 1 saturated heterocycles. The van der Waals surface area contributed by atoms with Gasteiger partial charge in [0.05, 0.1) is 5.75 Å². The molecule has 1 fully saturated rings. The van der Waals surface area contributed by atoms with E-state index in [0.29, 0.717) is 6.54 Å². The van der Waals surface area contributed by atoms with Crippen molar-refractivity contribution in [1.82, 2.24) is 10.2 Å². The van der Waals surface area contributed by atoms with Crippen LogP contribution in [0.1, 0.15) is 12.8 Å². The van der Waals surface area contributed by atoms with Crippen molar-refractivity contribution in [3.8, 4) is 0 Å². The molecule has 16 heavy (non-hydrogen) atoms. The lowest BCUT2D eigenvalue weighted by molar-refractivity contribution is 0.171. The Morgan fingerprint density at radius 1 is 1.44 bits per heavy atom. The van der Waals surface area contributed by atoms with E-state index in [0.717, 1.165) is 25.9 Å². The SMILES string of the molecule is CS(=O)(=O)CCN1CCC(NC(=O)O)CC1.